The highest BCUT2D eigenvalue weighted by molar-refractivity contribution is 5.68. The van der Waals surface area contributed by atoms with Crippen LogP contribution in [0, 0.1) is 0 Å². The van der Waals surface area contributed by atoms with E-state index in [1.54, 1.807) is 11.8 Å². The third-order valence-corrected chi connectivity index (χ3v) is 3.34. The number of aliphatic hydroxyl groups is 1. The SMILES string of the molecule is CC(O)CN(CCNC1CCN(C)C1)C(=O)OC(C)(C)C. The predicted molar refractivity (Wildman–Crippen MR) is 83.4 cm³/mol. The number of hydrogen-bond donors (Lipinski definition) is 2. The summed E-state index contributed by atoms with van der Waals surface area (Å²) in [6.45, 7) is 10.9. The number of nitrogens with one attached hydrogen (secondary N) is 1. The van der Waals surface area contributed by atoms with Crippen molar-refractivity contribution in [3.63, 3.8) is 0 Å². The Labute approximate surface area is 128 Å². The molecule has 2 atom stereocenters. The van der Waals surface area contributed by atoms with Crippen LogP contribution in [0.5, 0.6) is 0 Å². The van der Waals surface area contributed by atoms with Gasteiger partial charge in [-0.1, -0.05) is 0 Å². The van der Waals surface area contributed by atoms with Crippen LogP contribution in [0.25, 0.3) is 0 Å². The number of nitrogens with zero attached hydrogens (tertiary/aromatic N) is 2. The maximum Gasteiger partial charge on any atom is 0.410 e. The Morgan fingerprint density at radius 2 is 2.19 bits per heavy atom. The lowest BCUT2D eigenvalue weighted by Gasteiger charge is -2.28. The molecule has 0 radical (unpaired) electrons. The van der Waals surface area contributed by atoms with E-state index in [2.05, 4.69) is 17.3 Å². The number of likely N-dealkylation sites (tertiary alicyclic amines) is 1. The highest BCUT2D eigenvalue weighted by Crippen LogP contribution is 2.10. The summed E-state index contributed by atoms with van der Waals surface area (Å²) >= 11 is 0. The minimum atomic E-state index is -0.560. The van der Waals surface area contributed by atoms with E-state index in [0.717, 1.165) is 19.5 Å². The molecule has 1 rings (SSSR count). The van der Waals surface area contributed by atoms with Gasteiger partial charge in [0.05, 0.1) is 6.10 Å². The van der Waals surface area contributed by atoms with Gasteiger partial charge in [-0.15, -0.1) is 0 Å². The second kappa shape index (κ2) is 7.96. The molecule has 1 heterocycles. The highest BCUT2D eigenvalue weighted by Gasteiger charge is 2.24. The molecule has 0 bridgehead atoms. The summed E-state index contributed by atoms with van der Waals surface area (Å²) < 4.78 is 5.38. The Hall–Kier alpha value is -0.850. The molecule has 2 N–H and O–H groups in total. The first kappa shape index (κ1) is 18.2. The number of aliphatic hydroxyl groups excluding tert-OH is 1. The summed E-state index contributed by atoms with van der Waals surface area (Å²) in [6, 6.07) is 0.488. The topological polar surface area (TPSA) is 65.0 Å². The number of likely N-dealkylation sites (N-methyl/N-ethyl adjacent to an activating group) is 1. The number of carbonyl (C=O) groups excluding carboxylic acids is 1. The maximum absolute atomic E-state index is 12.1. The molecule has 1 aliphatic rings. The predicted octanol–water partition coefficient (Wildman–Crippen LogP) is 0.898. The minimum Gasteiger partial charge on any atom is -0.444 e. The van der Waals surface area contributed by atoms with Crippen molar-refractivity contribution in [1.82, 2.24) is 15.1 Å². The lowest BCUT2D eigenvalue weighted by Crippen LogP contribution is -2.45. The largest absolute Gasteiger partial charge is 0.444 e. The van der Waals surface area contributed by atoms with Crippen LogP contribution in [0.1, 0.15) is 34.1 Å². The summed E-state index contributed by atoms with van der Waals surface area (Å²) in [6.07, 6.45) is 0.211. The van der Waals surface area contributed by atoms with E-state index in [1.807, 2.05) is 20.8 Å². The first-order valence-corrected chi connectivity index (χ1v) is 7.75. The van der Waals surface area contributed by atoms with Crippen LogP contribution in [0.3, 0.4) is 0 Å². The molecule has 1 amide bonds. The second-order valence-corrected chi connectivity index (χ2v) is 6.98. The summed E-state index contributed by atoms with van der Waals surface area (Å²) in [5.41, 5.74) is -0.518. The fourth-order valence-electron chi connectivity index (χ4n) is 2.41. The molecule has 2 unspecified atom stereocenters. The third kappa shape index (κ3) is 7.64. The lowest BCUT2D eigenvalue weighted by molar-refractivity contribution is 0.0163. The molecule has 0 aromatic heterocycles. The van der Waals surface area contributed by atoms with Crippen molar-refractivity contribution in [2.75, 3.05) is 39.8 Å². The molecule has 124 valence electrons. The van der Waals surface area contributed by atoms with Crippen LogP contribution < -0.4 is 5.32 Å². The zero-order chi connectivity index (χ0) is 16.0. The maximum atomic E-state index is 12.1. The van der Waals surface area contributed by atoms with Crippen LogP contribution in [0.4, 0.5) is 4.79 Å². The van der Waals surface area contributed by atoms with Crippen LogP contribution in [0.2, 0.25) is 0 Å². The molecule has 0 aromatic carbocycles. The van der Waals surface area contributed by atoms with Crippen LogP contribution in [-0.4, -0.2) is 78.5 Å². The fraction of sp³-hybridized carbons (Fsp3) is 0.933. The molecular weight excluding hydrogens is 270 g/mol. The van der Waals surface area contributed by atoms with Gasteiger partial charge in [-0.2, -0.15) is 0 Å². The Bertz CT molecular complexity index is 329. The molecule has 1 aliphatic heterocycles. The van der Waals surface area contributed by atoms with Crippen LogP contribution >= 0.6 is 0 Å². The van der Waals surface area contributed by atoms with E-state index in [1.165, 1.54) is 0 Å². The minimum absolute atomic E-state index is 0.293. The number of carbonyl (C=O) groups is 1. The zero-order valence-corrected chi connectivity index (χ0v) is 14.1. The third-order valence-electron chi connectivity index (χ3n) is 3.34. The summed E-state index contributed by atoms with van der Waals surface area (Å²) in [5.74, 6) is 0. The van der Waals surface area contributed by atoms with Crippen molar-refractivity contribution in [2.45, 2.75) is 51.9 Å². The van der Waals surface area contributed by atoms with Gasteiger partial charge in [-0.25, -0.2) is 4.79 Å². The van der Waals surface area contributed by atoms with Crippen LogP contribution in [-0.2, 0) is 4.74 Å². The Morgan fingerprint density at radius 3 is 2.67 bits per heavy atom. The van der Waals surface area contributed by atoms with E-state index in [-0.39, 0.29) is 6.09 Å². The van der Waals surface area contributed by atoms with E-state index in [9.17, 15) is 9.90 Å². The number of rotatable bonds is 6. The summed E-state index contributed by atoms with van der Waals surface area (Å²) in [7, 11) is 2.11. The Kier molecular flexibility index (Phi) is 6.90. The van der Waals surface area contributed by atoms with Gasteiger partial charge >= 0.3 is 6.09 Å². The van der Waals surface area contributed by atoms with E-state index in [0.29, 0.717) is 25.7 Å². The van der Waals surface area contributed by atoms with Crippen molar-refractivity contribution in [3.8, 4) is 0 Å². The second-order valence-electron chi connectivity index (χ2n) is 6.98. The van der Waals surface area contributed by atoms with Crippen molar-refractivity contribution in [2.24, 2.45) is 0 Å². The molecule has 21 heavy (non-hydrogen) atoms. The number of amides is 1. The molecular formula is C15H31N3O3. The average molecular weight is 301 g/mol. The Balaban J connectivity index is 2.40. The number of ether oxygens (including phenoxy) is 1. The molecule has 0 aliphatic carbocycles. The van der Waals surface area contributed by atoms with Crippen molar-refractivity contribution < 1.29 is 14.6 Å². The van der Waals surface area contributed by atoms with Gasteiger partial charge in [0.1, 0.15) is 5.60 Å². The first-order chi connectivity index (χ1) is 9.67. The molecule has 6 heteroatoms. The van der Waals surface area contributed by atoms with Crippen molar-refractivity contribution >= 4 is 6.09 Å². The monoisotopic (exact) mass is 301 g/mol. The van der Waals surface area contributed by atoms with Gasteiger partial charge in [0, 0.05) is 32.2 Å². The smallest absolute Gasteiger partial charge is 0.410 e. The van der Waals surface area contributed by atoms with Gasteiger partial charge in [0.15, 0.2) is 0 Å². The summed E-state index contributed by atoms with van der Waals surface area (Å²) in [4.78, 5) is 16.0. The van der Waals surface area contributed by atoms with Gasteiger partial charge in [0.2, 0.25) is 0 Å². The molecule has 0 spiro atoms. The van der Waals surface area contributed by atoms with Gasteiger partial charge in [-0.05, 0) is 47.7 Å². The Morgan fingerprint density at radius 1 is 1.52 bits per heavy atom. The lowest BCUT2D eigenvalue weighted by atomic mass is 10.2. The number of hydrogen-bond acceptors (Lipinski definition) is 5. The van der Waals surface area contributed by atoms with Crippen molar-refractivity contribution in [3.05, 3.63) is 0 Å². The van der Waals surface area contributed by atoms with Gasteiger partial charge < -0.3 is 25.0 Å². The summed E-state index contributed by atoms with van der Waals surface area (Å²) in [5, 5.41) is 13.0. The van der Waals surface area contributed by atoms with Crippen LogP contribution in [0.15, 0.2) is 0 Å². The van der Waals surface area contributed by atoms with E-state index in [4.69, 9.17) is 4.74 Å². The highest BCUT2D eigenvalue weighted by atomic mass is 16.6. The molecule has 0 aromatic rings. The quantitative estimate of drug-likeness (QED) is 0.763. The molecule has 0 saturated carbocycles. The molecule has 6 nitrogen and oxygen atoms in total. The zero-order valence-electron chi connectivity index (χ0n) is 14.1. The molecule has 1 saturated heterocycles. The van der Waals surface area contributed by atoms with E-state index >= 15 is 0 Å². The van der Waals surface area contributed by atoms with E-state index < -0.39 is 11.7 Å². The first-order valence-electron chi connectivity index (χ1n) is 7.75. The molecule has 1 fully saturated rings. The fourth-order valence-corrected chi connectivity index (χ4v) is 2.41. The normalized spacial score (nSPS) is 21.3. The van der Waals surface area contributed by atoms with Crippen molar-refractivity contribution in [1.29, 1.82) is 0 Å². The standard InChI is InChI=1S/C15H31N3O3/c1-12(19)10-18(14(20)21-15(2,3)4)9-7-16-13-6-8-17(5)11-13/h12-13,16,19H,6-11H2,1-5H3. The van der Waals surface area contributed by atoms with Gasteiger partial charge in [0.25, 0.3) is 0 Å². The average Bonchev–Trinajstić information content (AvgIpc) is 2.71. The van der Waals surface area contributed by atoms with Gasteiger partial charge in [-0.3, -0.25) is 0 Å².